The van der Waals surface area contributed by atoms with E-state index in [1.165, 1.54) is 20.5 Å². The van der Waals surface area contributed by atoms with Crippen LogP contribution in [0.1, 0.15) is 67.2 Å². The van der Waals surface area contributed by atoms with Crippen LogP contribution in [-0.4, -0.2) is 4.98 Å². The first-order valence-electron chi connectivity index (χ1n) is 7.06. The summed E-state index contributed by atoms with van der Waals surface area (Å²) in [5.74, 6) is 0. The Morgan fingerprint density at radius 2 is 1.90 bits per heavy atom. The lowest BCUT2D eigenvalue weighted by Gasteiger charge is -2.18. The number of rotatable bonds is 4. The molecule has 0 radical (unpaired) electrons. The number of nitrogens with zero attached hydrogens (tertiary/aromatic N) is 1. The van der Waals surface area contributed by atoms with Crippen LogP contribution in [0, 0.1) is 6.92 Å². The highest BCUT2D eigenvalue weighted by molar-refractivity contribution is 7.12. The monoisotopic (exact) mass is 308 g/mol. The molecule has 4 heteroatoms. The van der Waals surface area contributed by atoms with Gasteiger partial charge in [-0.15, -0.1) is 22.7 Å². The predicted molar refractivity (Wildman–Crippen MR) is 89.8 cm³/mol. The third-order valence-corrected chi connectivity index (χ3v) is 6.16. The van der Waals surface area contributed by atoms with Crippen LogP contribution in [0.15, 0.2) is 17.5 Å². The summed E-state index contributed by atoms with van der Waals surface area (Å²) in [6.07, 6.45) is 0. The van der Waals surface area contributed by atoms with Crippen molar-refractivity contribution >= 4 is 22.7 Å². The van der Waals surface area contributed by atoms with Crippen molar-refractivity contribution in [2.45, 2.75) is 59.0 Å². The number of thiazole rings is 1. The van der Waals surface area contributed by atoms with Gasteiger partial charge in [0.25, 0.3) is 0 Å². The SMILES string of the molecule is Cc1nc(C(C)(C)C)sc1C(C)NC(C)c1cccs1. The highest BCUT2D eigenvalue weighted by atomic mass is 32.1. The Bertz CT molecular complexity index is 550. The van der Waals surface area contributed by atoms with E-state index in [0.29, 0.717) is 12.1 Å². The van der Waals surface area contributed by atoms with Gasteiger partial charge in [0.05, 0.1) is 10.7 Å². The first-order valence-corrected chi connectivity index (χ1v) is 8.76. The molecule has 2 aromatic heterocycles. The van der Waals surface area contributed by atoms with Crippen molar-refractivity contribution in [3.63, 3.8) is 0 Å². The summed E-state index contributed by atoms with van der Waals surface area (Å²) >= 11 is 3.65. The van der Waals surface area contributed by atoms with E-state index in [2.05, 4.69) is 64.4 Å². The second kappa shape index (κ2) is 5.96. The number of thiophene rings is 1. The van der Waals surface area contributed by atoms with E-state index in [0.717, 1.165) is 0 Å². The third kappa shape index (κ3) is 3.48. The summed E-state index contributed by atoms with van der Waals surface area (Å²) in [6.45, 7) is 13.2. The van der Waals surface area contributed by atoms with Crippen molar-refractivity contribution in [1.82, 2.24) is 10.3 Å². The van der Waals surface area contributed by atoms with Gasteiger partial charge in [-0.1, -0.05) is 26.8 Å². The second-order valence-electron chi connectivity index (χ2n) is 6.34. The summed E-state index contributed by atoms with van der Waals surface area (Å²) in [6, 6.07) is 5.01. The molecule has 0 spiro atoms. The zero-order chi connectivity index (χ0) is 14.9. The molecule has 0 amide bonds. The summed E-state index contributed by atoms with van der Waals surface area (Å²) in [5, 5.41) is 7.04. The molecule has 1 N–H and O–H groups in total. The van der Waals surface area contributed by atoms with Crippen molar-refractivity contribution < 1.29 is 0 Å². The predicted octanol–water partition coefficient (Wildman–Crippen LogP) is 5.22. The minimum atomic E-state index is 0.132. The van der Waals surface area contributed by atoms with E-state index in [1.54, 1.807) is 0 Å². The minimum Gasteiger partial charge on any atom is -0.302 e. The molecule has 0 saturated heterocycles. The smallest absolute Gasteiger partial charge is 0.0985 e. The lowest BCUT2D eigenvalue weighted by molar-refractivity contribution is 0.503. The largest absolute Gasteiger partial charge is 0.302 e. The summed E-state index contributed by atoms with van der Waals surface area (Å²) < 4.78 is 0. The maximum atomic E-state index is 4.75. The minimum absolute atomic E-state index is 0.132. The molecule has 0 fully saturated rings. The Labute approximate surface area is 130 Å². The van der Waals surface area contributed by atoms with Gasteiger partial charge in [0.1, 0.15) is 0 Å². The average Bonchev–Trinajstić information content (AvgIpc) is 2.95. The molecule has 2 aromatic rings. The number of hydrogen-bond donors (Lipinski definition) is 1. The van der Waals surface area contributed by atoms with E-state index >= 15 is 0 Å². The molecule has 2 atom stereocenters. The molecule has 2 rings (SSSR count). The van der Waals surface area contributed by atoms with Crippen LogP contribution < -0.4 is 5.32 Å². The molecule has 2 nitrogen and oxygen atoms in total. The molecule has 0 aliphatic carbocycles. The molecule has 0 aliphatic heterocycles. The maximum Gasteiger partial charge on any atom is 0.0985 e. The average molecular weight is 309 g/mol. The lowest BCUT2D eigenvalue weighted by atomic mass is 9.98. The summed E-state index contributed by atoms with van der Waals surface area (Å²) in [4.78, 5) is 7.50. The van der Waals surface area contributed by atoms with Crippen molar-refractivity contribution in [2.24, 2.45) is 0 Å². The van der Waals surface area contributed by atoms with Gasteiger partial charge >= 0.3 is 0 Å². The molecular formula is C16H24N2S2. The normalized spacial score (nSPS) is 15.3. The van der Waals surface area contributed by atoms with E-state index < -0.39 is 0 Å². The quantitative estimate of drug-likeness (QED) is 0.837. The van der Waals surface area contributed by atoms with Crippen molar-refractivity contribution in [3.05, 3.63) is 38.0 Å². The van der Waals surface area contributed by atoms with Crippen molar-refractivity contribution in [3.8, 4) is 0 Å². The Balaban J connectivity index is 2.13. The van der Waals surface area contributed by atoms with Crippen molar-refractivity contribution in [1.29, 1.82) is 0 Å². The number of hydrogen-bond acceptors (Lipinski definition) is 4. The van der Waals surface area contributed by atoms with Crippen LogP contribution in [-0.2, 0) is 5.41 Å². The maximum absolute atomic E-state index is 4.75. The van der Waals surface area contributed by atoms with Crippen LogP contribution in [0.4, 0.5) is 0 Å². The van der Waals surface area contributed by atoms with Crippen LogP contribution in [0.2, 0.25) is 0 Å². The van der Waals surface area contributed by atoms with Gasteiger partial charge in [0.15, 0.2) is 0 Å². The molecule has 2 heterocycles. The van der Waals surface area contributed by atoms with E-state index in [-0.39, 0.29) is 5.41 Å². The number of aromatic nitrogens is 1. The standard InChI is InChI=1S/C16H24N2S2/c1-10(13-8-7-9-19-13)17-11(2)14-12(3)18-15(20-14)16(4,5)6/h7-11,17H,1-6H3. The molecule has 20 heavy (non-hydrogen) atoms. The highest BCUT2D eigenvalue weighted by Crippen LogP contribution is 2.33. The first-order chi connectivity index (χ1) is 9.29. The highest BCUT2D eigenvalue weighted by Gasteiger charge is 2.23. The zero-order valence-electron chi connectivity index (χ0n) is 13.2. The second-order valence-corrected chi connectivity index (χ2v) is 8.35. The third-order valence-electron chi connectivity index (χ3n) is 3.34. The molecule has 2 unspecified atom stereocenters. The molecule has 0 bridgehead atoms. The Morgan fingerprint density at radius 1 is 1.20 bits per heavy atom. The lowest BCUT2D eigenvalue weighted by Crippen LogP contribution is -2.21. The summed E-state index contributed by atoms with van der Waals surface area (Å²) in [5.41, 5.74) is 1.30. The van der Waals surface area contributed by atoms with Crippen LogP contribution in [0.5, 0.6) is 0 Å². The van der Waals surface area contributed by atoms with Gasteiger partial charge in [0.2, 0.25) is 0 Å². The fourth-order valence-electron chi connectivity index (χ4n) is 2.20. The van der Waals surface area contributed by atoms with E-state index in [4.69, 9.17) is 4.98 Å². The molecule has 0 saturated carbocycles. The van der Waals surface area contributed by atoms with Gasteiger partial charge in [0, 0.05) is 27.3 Å². The van der Waals surface area contributed by atoms with Gasteiger partial charge in [-0.2, -0.15) is 0 Å². The van der Waals surface area contributed by atoms with E-state index in [9.17, 15) is 0 Å². The van der Waals surface area contributed by atoms with Gasteiger partial charge in [-0.25, -0.2) is 4.98 Å². The van der Waals surface area contributed by atoms with Crippen molar-refractivity contribution in [2.75, 3.05) is 0 Å². The molecule has 0 aromatic carbocycles. The molecular weight excluding hydrogens is 284 g/mol. The number of nitrogens with one attached hydrogen (secondary N) is 1. The Hall–Kier alpha value is -0.710. The fourth-order valence-corrected chi connectivity index (χ4v) is 4.08. The Morgan fingerprint density at radius 3 is 2.40 bits per heavy atom. The van der Waals surface area contributed by atoms with Gasteiger partial charge in [-0.3, -0.25) is 0 Å². The van der Waals surface area contributed by atoms with Crippen LogP contribution in [0.3, 0.4) is 0 Å². The fraction of sp³-hybridized carbons (Fsp3) is 0.562. The van der Waals surface area contributed by atoms with Gasteiger partial charge in [-0.05, 0) is 32.2 Å². The van der Waals surface area contributed by atoms with Crippen LogP contribution >= 0.6 is 22.7 Å². The first kappa shape index (κ1) is 15.7. The molecule has 110 valence electrons. The van der Waals surface area contributed by atoms with Gasteiger partial charge < -0.3 is 5.32 Å². The topological polar surface area (TPSA) is 24.9 Å². The number of aryl methyl sites for hydroxylation is 1. The van der Waals surface area contributed by atoms with E-state index in [1.807, 2.05) is 22.7 Å². The zero-order valence-corrected chi connectivity index (χ0v) is 14.8. The summed E-state index contributed by atoms with van der Waals surface area (Å²) in [7, 11) is 0. The van der Waals surface area contributed by atoms with Crippen LogP contribution in [0.25, 0.3) is 0 Å². The Kier molecular flexibility index (Phi) is 4.67. The molecule has 0 aliphatic rings.